The number of aromatic nitrogens is 4. The normalized spacial score (nSPS) is 11.0. The Labute approximate surface area is 104 Å². The molecule has 0 radical (unpaired) electrons. The average Bonchev–Trinajstić information content (AvgIpc) is 2.63. The van der Waals surface area contributed by atoms with Crippen LogP contribution in [0.4, 0.5) is 0 Å². The molecule has 0 amide bonds. The molecule has 3 rings (SSSR count). The van der Waals surface area contributed by atoms with Crippen molar-refractivity contribution in [3.63, 3.8) is 0 Å². The molecule has 0 atom stereocenters. The van der Waals surface area contributed by atoms with Gasteiger partial charge in [0, 0.05) is 5.56 Å². The summed E-state index contributed by atoms with van der Waals surface area (Å²) in [6, 6.07) is 7.79. The summed E-state index contributed by atoms with van der Waals surface area (Å²) in [6.07, 6.45) is 1.76. The molecule has 5 heteroatoms. The number of aryl methyl sites for hydroxylation is 1. The van der Waals surface area contributed by atoms with Crippen molar-refractivity contribution in [3.8, 4) is 11.3 Å². The van der Waals surface area contributed by atoms with E-state index in [0.29, 0.717) is 0 Å². The van der Waals surface area contributed by atoms with Gasteiger partial charge in [-0.2, -0.15) is 9.89 Å². The molecule has 2 heterocycles. The number of hydrogen-bond donors (Lipinski definition) is 1. The van der Waals surface area contributed by atoms with Crippen molar-refractivity contribution in [2.75, 3.05) is 5.84 Å². The molecule has 18 heavy (non-hydrogen) atoms. The SMILES string of the molecule is Cc1nn(N)c(C)c1-c1cnc2ccccc2n1. The van der Waals surface area contributed by atoms with Gasteiger partial charge < -0.3 is 5.84 Å². The van der Waals surface area contributed by atoms with Gasteiger partial charge in [0.1, 0.15) is 0 Å². The molecule has 0 unspecified atom stereocenters. The van der Waals surface area contributed by atoms with Crippen LogP contribution in [0.25, 0.3) is 22.3 Å². The molecule has 2 N–H and O–H groups in total. The lowest BCUT2D eigenvalue weighted by atomic mass is 10.1. The van der Waals surface area contributed by atoms with E-state index in [1.807, 2.05) is 38.1 Å². The molecule has 0 saturated heterocycles. The van der Waals surface area contributed by atoms with Gasteiger partial charge in [-0.15, -0.1) is 0 Å². The highest BCUT2D eigenvalue weighted by atomic mass is 15.5. The van der Waals surface area contributed by atoms with E-state index >= 15 is 0 Å². The Bertz CT molecular complexity index is 729. The van der Waals surface area contributed by atoms with E-state index in [1.165, 1.54) is 4.79 Å². The number of hydrogen-bond acceptors (Lipinski definition) is 4. The minimum Gasteiger partial charge on any atom is -0.323 e. The van der Waals surface area contributed by atoms with Crippen LogP contribution in [0.5, 0.6) is 0 Å². The quantitative estimate of drug-likeness (QED) is 0.658. The Hall–Kier alpha value is -2.43. The van der Waals surface area contributed by atoms with Gasteiger partial charge in [-0.05, 0) is 26.0 Å². The first-order valence-corrected chi connectivity index (χ1v) is 5.70. The highest BCUT2D eigenvalue weighted by Crippen LogP contribution is 2.24. The van der Waals surface area contributed by atoms with E-state index in [0.717, 1.165) is 33.7 Å². The van der Waals surface area contributed by atoms with Gasteiger partial charge >= 0.3 is 0 Å². The Kier molecular flexibility index (Phi) is 2.26. The topological polar surface area (TPSA) is 69.6 Å². The van der Waals surface area contributed by atoms with Gasteiger partial charge in [0.2, 0.25) is 0 Å². The molecule has 0 aliphatic rings. The molecule has 2 aromatic heterocycles. The highest BCUT2D eigenvalue weighted by Gasteiger charge is 2.14. The summed E-state index contributed by atoms with van der Waals surface area (Å²) in [6.45, 7) is 3.84. The van der Waals surface area contributed by atoms with Crippen LogP contribution in [-0.2, 0) is 0 Å². The molecule has 3 aromatic rings. The minimum atomic E-state index is 0.806. The van der Waals surface area contributed by atoms with Gasteiger partial charge in [0.15, 0.2) is 0 Å². The average molecular weight is 239 g/mol. The van der Waals surface area contributed by atoms with Crippen molar-refractivity contribution in [2.24, 2.45) is 0 Å². The highest BCUT2D eigenvalue weighted by molar-refractivity contribution is 5.77. The lowest BCUT2D eigenvalue weighted by molar-refractivity contribution is 0.789. The van der Waals surface area contributed by atoms with Crippen molar-refractivity contribution in [3.05, 3.63) is 41.9 Å². The summed E-state index contributed by atoms with van der Waals surface area (Å²) in [4.78, 5) is 10.4. The van der Waals surface area contributed by atoms with Crippen LogP contribution in [0.2, 0.25) is 0 Å². The minimum absolute atomic E-state index is 0.806. The summed E-state index contributed by atoms with van der Waals surface area (Å²) in [5.41, 5.74) is 5.27. The fraction of sp³-hybridized carbons (Fsp3) is 0.154. The maximum absolute atomic E-state index is 5.75. The lowest BCUT2D eigenvalue weighted by Gasteiger charge is -2.02. The second-order valence-corrected chi connectivity index (χ2v) is 4.23. The Morgan fingerprint density at radius 1 is 1.11 bits per heavy atom. The zero-order chi connectivity index (χ0) is 12.7. The summed E-state index contributed by atoms with van der Waals surface area (Å²) in [5.74, 6) is 5.75. The molecule has 90 valence electrons. The smallest absolute Gasteiger partial charge is 0.0930 e. The molecule has 0 aliphatic carbocycles. The summed E-state index contributed by atoms with van der Waals surface area (Å²) < 4.78 is 0. The molecule has 5 nitrogen and oxygen atoms in total. The maximum atomic E-state index is 5.75. The van der Waals surface area contributed by atoms with E-state index < -0.39 is 0 Å². The lowest BCUT2D eigenvalue weighted by Crippen LogP contribution is -2.11. The zero-order valence-electron chi connectivity index (χ0n) is 10.3. The third-order valence-corrected chi connectivity index (χ3v) is 3.03. The first-order valence-electron chi connectivity index (χ1n) is 5.70. The van der Waals surface area contributed by atoms with Crippen LogP contribution in [0.1, 0.15) is 11.4 Å². The van der Waals surface area contributed by atoms with Gasteiger partial charge in [0.25, 0.3) is 0 Å². The molecule has 1 aromatic carbocycles. The Balaban J connectivity index is 2.25. The van der Waals surface area contributed by atoms with Gasteiger partial charge in [-0.3, -0.25) is 4.98 Å². The van der Waals surface area contributed by atoms with Crippen LogP contribution in [0.15, 0.2) is 30.5 Å². The van der Waals surface area contributed by atoms with E-state index in [4.69, 9.17) is 5.84 Å². The molecule has 0 fully saturated rings. The van der Waals surface area contributed by atoms with Crippen LogP contribution < -0.4 is 5.84 Å². The fourth-order valence-electron chi connectivity index (χ4n) is 2.11. The predicted molar refractivity (Wildman–Crippen MR) is 70.4 cm³/mol. The van der Waals surface area contributed by atoms with Crippen molar-refractivity contribution in [1.29, 1.82) is 0 Å². The van der Waals surface area contributed by atoms with Gasteiger partial charge in [-0.25, -0.2) is 4.98 Å². The van der Waals surface area contributed by atoms with Crippen LogP contribution in [-0.4, -0.2) is 19.9 Å². The van der Waals surface area contributed by atoms with Gasteiger partial charge in [0.05, 0.1) is 34.3 Å². The largest absolute Gasteiger partial charge is 0.323 e. The number of nitrogen functional groups attached to an aromatic ring is 1. The molecule has 0 bridgehead atoms. The van der Waals surface area contributed by atoms with E-state index in [-0.39, 0.29) is 0 Å². The summed E-state index contributed by atoms with van der Waals surface area (Å²) >= 11 is 0. The molecule has 0 spiro atoms. The van der Waals surface area contributed by atoms with Crippen LogP contribution in [0, 0.1) is 13.8 Å². The molecule has 0 saturated carbocycles. The first-order chi connectivity index (χ1) is 8.66. The molecular weight excluding hydrogens is 226 g/mol. The van der Waals surface area contributed by atoms with E-state index in [9.17, 15) is 0 Å². The number of fused-ring (bicyclic) bond motifs is 1. The molecule has 0 aliphatic heterocycles. The van der Waals surface area contributed by atoms with Crippen molar-refractivity contribution >= 4 is 11.0 Å². The monoisotopic (exact) mass is 239 g/mol. The third kappa shape index (κ3) is 1.52. The number of benzene rings is 1. The Morgan fingerprint density at radius 2 is 1.83 bits per heavy atom. The predicted octanol–water partition coefficient (Wildman–Crippen LogP) is 1.82. The second-order valence-electron chi connectivity index (χ2n) is 4.23. The van der Waals surface area contributed by atoms with Crippen LogP contribution >= 0.6 is 0 Å². The third-order valence-electron chi connectivity index (χ3n) is 3.03. The van der Waals surface area contributed by atoms with E-state index in [1.54, 1.807) is 6.20 Å². The van der Waals surface area contributed by atoms with Crippen LogP contribution in [0.3, 0.4) is 0 Å². The number of para-hydroxylation sites is 2. The second kappa shape index (κ2) is 3.80. The maximum Gasteiger partial charge on any atom is 0.0930 e. The number of nitrogens with zero attached hydrogens (tertiary/aromatic N) is 4. The van der Waals surface area contributed by atoms with Crippen molar-refractivity contribution in [2.45, 2.75) is 13.8 Å². The molecular formula is C13H13N5. The van der Waals surface area contributed by atoms with Gasteiger partial charge in [-0.1, -0.05) is 12.1 Å². The van der Waals surface area contributed by atoms with Crippen molar-refractivity contribution < 1.29 is 0 Å². The van der Waals surface area contributed by atoms with E-state index in [2.05, 4.69) is 15.1 Å². The summed E-state index contributed by atoms with van der Waals surface area (Å²) in [7, 11) is 0. The fourth-order valence-corrected chi connectivity index (χ4v) is 2.11. The number of rotatable bonds is 1. The number of nitrogens with two attached hydrogens (primary N) is 1. The zero-order valence-corrected chi connectivity index (χ0v) is 10.3. The standard InChI is InChI=1S/C13H13N5/c1-8-13(9(2)18(14)17-8)12-7-15-10-5-3-4-6-11(10)16-12/h3-7H,14H2,1-2H3. The summed E-state index contributed by atoms with van der Waals surface area (Å²) in [5, 5.41) is 4.19. The first kappa shape index (κ1) is 10.7. The Morgan fingerprint density at radius 3 is 2.50 bits per heavy atom. The van der Waals surface area contributed by atoms with Crippen molar-refractivity contribution in [1.82, 2.24) is 19.9 Å².